The van der Waals surface area contributed by atoms with E-state index in [-0.39, 0.29) is 12.4 Å². The number of para-hydroxylation sites is 1. The third-order valence-corrected chi connectivity index (χ3v) is 3.76. The Morgan fingerprint density at radius 1 is 1.04 bits per heavy atom. The van der Waals surface area contributed by atoms with Crippen LogP contribution in [-0.2, 0) is 11.5 Å². The summed E-state index contributed by atoms with van der Waals surface area (Å²) in [6, 6.07) is 16.1. The third-order valence-electron chi connectivity index (χ3n) is 3.76. The van der Waals surface area contributed by atoms with Gasteiger partial charge in [-0.3, -0.25) is 0 Å². The van der Waals surface area contributed by atoms with Crippen LogP contribution in [0.1, 0.15) is 11.4 Å². The minimum atomic E-state index is -0.205. The molecule has 1 heterocycles. The number of hydrogen-bond acceptors (Lipinski definition) is 3. The molecular weight excluding hydrogens is 290 g/mol. The molecule has 3 rings (SSSR count). The van der Waals surface area contributed by atoms with Crippen LogP contribution in [0.5, 0.6) is 0 Å². The SMILES string of the molecule is COCn1nc(C)n(-c2ccccc2-c2ccc(C)cc2)c1=O. The number of aryl methyl sites for hydroxylation is 2. The van der Waals surface area contributed by atoms with Gasteiger partial charge in [0.25, 0.3) is 0 Å². The fourth-order valence-corrected chi connectivity index (χ4v) is 2.65. The van der Waals surface area contributed by atoms with Crippen LogP contribution in [0.15, 0.2) is 53.3 Å². The van der Waals surface area contributed by atoms with Crippen molar-refractivity contribution in [3.8, 4) is 16.8 Å². The van der Waals surface area contributed by atoms with E-state index < -0.39 is 0 Å². The topological polar surface area (TPSA) is 49.0 Å². The first-order chi connectivity index (χ1) is 11.1. The van der Waals surface area contributed by atoms with Crippen LogP contribution in [0.2, 0.25) is 0 Å². The molecule has 0 fully saturated rings. The lowest BCUT2D eigenvalue weighted by Gasteiger charge is -2.11. The van der Waals surface area contributed by atoms with Gasteiger partial charge in [0.05, 0.1) is 5.69 Å². The summed E-state index contributed by atoms with van der Waals surface area (Å²) in [5.41, 5.74) is 3.88. The molecule has 3 aromatic rings. The highest BCUT2D eigenvalue weighted by molar-refractivity contribution is 5.73. The van der Waals surface area contributed by atoms with E-state index in [1.54, 1.807) is 11.7 Å². The van der Waals surface area contributed by atoms with Gasteiger partial charge in [-0.05, 0) is 25.5 Å². The van der Waals surface area contributed by atoms with Crippen molar-refractivity contribution in [2.45, 2.75) is 20.6 Å². The molecule has 0 spiro atoms. The standard InChI is InChI=1S/C18H19N3O2/c1-13-8-10-15(11-9-13)16-6-4-5-7-17(16)21-14(2)19-20(12-23-3)18(21)22/h4-11H,12H2,1-3H3. The lowest BCUT2D eigenvalue weighted by atomic mass is 10.0. The van der Waals surface area contributed by atoms with Gasteiger partial charge in [-0.2, -0.15) is 9.78 Å². The van der Waals surface area contributed by atoms with E-state index in [0.29, 0.717) is 5.82 Å². The fraction of sp³-hybridized carbons (Fsp3) is 0.222. The number of hydrogen-bond donors (Lipinski definition) is 0. The van der Waals surface area contributed by atoms with Gasteiger partial charge in [-0.1, -0.05) is 48.0 Å². The highest BCUT2D eigenvalue weighted by atomic mass is 16.5. The van der Waals surface area contributed by atoms with E-state index in [4.69, 9.17) is 4.74 Å². The highest BCUT2D eigenvalue weighted by Gasteiger charge is 2.15. The molecule has 5 nitrogen and oxygen atoms in total. The molecule has 0 bridgehead atoms. The zero-order chi connectivity index (χ0) is 16.4. The Labute approximate surface area is 134 Å². The second-order valence-electron chi connectivity index (χ2n) is 5.47. The zero-order valence-corrected chi connectivity index (χ0v) is 13.5. The number of aromatic nitrogens is 3. The molecule has 0 aliphatic rings. The van der Waals surface area contributed by atoms with Crippen molar-refractivity contribution in [1.82, 2.24) is 14.3 Å². The lowest BCUT2D eigenvalue weighted by Crippen LogP contribution is -2.25. The second kappa shape index (κ2) is 6.22. The van der Waals surface area contributed by atoms with E-state index in [1.807, 2.05) is 31.2 Å². The Kier molecular flexibility index (Phi) is 4.12. The van der Waals surface area contributed by atoms with E-state index in [0.717, 1.165) is 16.8 Å². The van der Waals surface area contributed by atoms with E-state index >= 15 is 0 Å². The number of benzene rings is 2. The molecule has 0 aliphatic heterocycles. The normalized spacial score (nSPS) is 10.9. The van der Waals surface area contributed by atoms with Gasteiger partial charge in [0.15, 0.2) is 0 Å². The molecule has 0 aliphatic carbocycles. The molecule has 0 saturated heterocycles. The maximum Gasteiger partial charge on any atom is 0.352 e. The van der Waals surface area contributed by atoms with E-state index in [1.165, 1.54) is 10.2 Å². The number of methoxy groups -OCH3 is 1. The molecular formula is C18H19N3O2. The summed E-state index contributed by atoms with van der Waals surface area (Å²) < 4.78 is 7.97. The molecule has 0 saturated carbocycles. The number of nitrogens with zero attached hydrogens (tertiary/aromatic N) is 3. The molecule has 23 heavy (non-hydrogen) atoms. The summed E-state index contributed by atoms with van der Waals surface area (Å²) >= 11 is 0. The van der Waals surface area contributed by atoms with Crippen LogP contribution in [0.4, 0.5) is 0 Å². The van der Waals surface area contributed by atoms with Gasteiger partial charge in [0.2, 0.25) is 0 Å². The van der Waals surface area contributed by atoms with Gasteiger partial charge < -0.3 is 4.74 Å². The fourth-order valence-electron chi connectivity index (χ4n) is 2.65. The largest absolute Gasteiger partial charge is 0.362 e. The Hall–Kier alpha value is -2.66. The van der Waals surface area contributed by atoms with Gasteiger partial charge in [-0.15, -0.1) is 0 Å². The van der Waals surface area contributed by atoms with Crippen molar-refractivity contribution in [3.63, 3.8) is 0 Å². The predicted molar refractivity (Wildman–Crippen MR) is 89.7 cm³/mol. The minimum Gasteiger partial charge on any atom is -0.362 e. The Morgan fingerprint density at radius 2 is 1.74 bits per heavy atom. The minimum absolute atomic E-state index is 0.138. The van der Waals surface area contributed by atoms with Crippen molar-refractivity contribution in [2.24, 2.45) is 0 Å². The van der Waals surface area contributed by atoms with Crippen LogP contribution in [0, 0.1) is 13.8 Å². The van der Waals surface area contributed by atoms with Crippen LogP contribution >= 0.6 is 0 Å². The summed E-state index contributed by atoms with van der Waals surface area (Å²) in [5.74, 6) is 0.631. The van der Waals surface area contributed by atoms with Crippen molar-refractivity contribution in [2.75, 3.05) is 7.11 Å². The molecule has 118 valence electrons. The quantitative estimate of drug-likeness (QED) is 0.744. The smallest absolute Gasteiger partial charge is 0.352 e. The Morgan fingerprint density at radius 3 is 2.43 bits per heavy atom. The summed E-state index contributed by atoms with van der Waals surface area (Å²) in [6.45, 7) is 4.01. The van der Waals surface area contributed by atoms with Crippen LogP contribution < -0.4 is 5.69 Å². The molecule has 1 aromatic heterocycles. The van der Waals surface area contributed by atoms with Gasteiger partial charge >= 0.3 is 5.69 Å². The van der Waals surface area contributed by atoms with E-state index in [2.05, 4.69) is 36.3 Å². The Balaban J connectivity index is 2.19. The van der Waals surface area contributed by atoms with Crippen molar-refractivity contribution in [1.29, 1.82) is 0 Å². The molecule has 0 amide bonds. The molecule has 0 atom stereocenters. The summed E-state index contributed by atoms with van der Waals surface area (Å²) in [4.78, 5) is 12.6. The molecule has 0 radical (unpaired) electrons. The predicted octanol–water partition coefficient (Wildman–Crippen LogP) is 2.92. The van der Waals surface area contributed by atoms with Crippen molar-refractivity contribution >= 4 is 0 Å². The third kappa shape index (κ3) is 2.83. The highest BCUT2D eigenvalue weighted by Crippen LogP contribution is 2.26. The Bertz CT molecular complexity index is 876. The maximum absolute atomic E-state index is 12.6. The van der Waals surface area contributed by atoms with Crippen molar-refractivity contribution < 1.29 is 4.74 Å². The van der Waals surface area contributed by atoms with Gasteiger partial charge in [0, 0.05) is 12.7 Å². The lowest BCUT2D eigenvalue weighted by molar-refractivity contribution is 0.117. The summed E-state index contributed by atoms with van der Waals surface area (Å²) in [7, 11) is 1.54. The van der Waals surface area contributed by atoms with Gasteiger partial charge in [0.1, 0.15) is 12.6 Å². The van der Waals surface area contributed by atoms with Crippen LogP contribution in [0.25, 0.3) is 16.8 Å². The first-order valence-electron chi connectivity index (χ1n) is 7.43. The maximum atomic E-state index is 12.6. The van der Waals surface area contributed by atoms with Crippen LogP contribution in [-0.4, -0.2) is 21.5 Å². The molecule has 0 N–H and O–H groups in total. The average Bonchev–Trinajstić information content (AvgIpc) is 2.83. The summed E-state index contributed by atoms with van der Waals surface area (Å²) in [5, 5.41) is 4.27. The first kappa shape index (κ1) is 15.2. The molecule has 0 unspecified atom stereocenters. The van der Waals surface area contributed by atoms with Gasteiger partial charge in [-0.25, -0.2) is 9.36 Å². The monoisotopic (exact) mass is 309 g/mol. The first-order valence-corrected chi connectivity index (χ1v) is 7.43. The van der Waals surface area contributed by atoms with E-state index in [9.17, 15) is 4.79 Å². The molecule has 2 aromatic carbocycles. The number of ether oxygens (including phenoxy) is 1. The van der Waals surface area contributed by atoms with Crippen molar-refractivity contribution in [3.05, 3.63) is 70.4 Å². The van der Waals surface area contributed by atoms with Crippen LogP contribution in [0.3, 0.4) is 0 Å². The summed E-state index contributed by atoms with van der Waals surface area (Å²) in [6.07, 6.45) is 0. The zero-order valence-electron chi connectivity index (χ0n) is 13.5. The number of rotatable bonds is 4. The molecule has 5 heteroatoms. The average molecular weight is 309 g/mol. The second-order valence-corrected chi connectivity index (χ2v) is 5.47.